The second-order valence-electron chi connectivity index (χ2n) is 9.42. The van der Waals surface area contributed by atoms with E-state index < -0.39 is 30.0 Å². The average Bonchev–Trinajstić information content (AvgIpc) is 3.05. The molecule has 9 heteroatoms. The molecule has 0 saturated carbocycles. The van der Waals surface area contributed by atoms with E-state index in [0.717, 1.165) is 12.0 Å². The van der Waals surface area contributed by atoms with Crippen LogP contribution < -0.4 is 5.32 Å². The molecule has 1 fully saturated rings. The van der Waals surface area contributed by atoms with Gasteiger partial charge in [0.1, 0.15) is 11.8 Å². The van der Waals surface area contributed by atoms with Gasteiger partial charge >= 0.3 is 0 Å². The first-order valence-corrected chi connectivity index (χ1v) is 14.1. The summed E-state index contributed by atoms with van der Waals surface area (Å²) in [5.74, 6) is -1.33. The van der Waals surface area contributed by atoms with Crippen LogP contribution in [-0.2, 0) is 16.0 Å². The Hall–Kier alpha value is -3.56. The highest BCUT2D eigenvalue weighted by Gasteiger charge is 2.40. The molecule has 0 aromatic heterocycles. The van der Waals surface area contributed by atoms with Gasteiger partial charge < -0.3 is 25.3 Å². The maximum Gasteiger partial charge on any atom is 0.255 e. The molecule has 1 unspecified atom stereocenters. The summed E-state index contributed by atoms with van der Waals surface area (Å²) < 4.78 is 0. The number of carbonyl (C=O) groups excluding carboxylic acids is 3. The van der Waals surface area contributed by atoms with E-state index in [-0.39, 0.29) is 34.9 Å². The summed E-state index contributed by atoms with van der Waals surface area (Å²) >= 11 is 1.41. The van der Waals surface area contributed by atoms with Crippen LogP contribution in [0.3, 0.4) is 0 Å². The Morgan fingerprint density at radius 1 is 1.18 bits per heavy atom. The second kappa shape index (κ2) is 14.0. The monoisotopic (exact) mass is 551 g/mol. The highest BCUT2D eigenvalue weighted by Crippen LogP contribution is 2.27. The summed E-state index contributed by atoms with van der Waals surface area (Å²) in [6.07, 6.45) is 4.72. The fraction of sp³-hybridized carbons (Fsp3) is 0.367. The third kappa shape index (κ3) is 7.30. The predicted molar refractivity (Wildman–Crippen MR) is 154 cm³/mol. The Morgan fingerprint density at radius 2 is 1.90 bits per heavy atom. The fourth-order valence-electron chi connectivity index (χ4n) is 4.43. The van der Waals surface area contributed by atoms with Gasteiger partial charge in [0.25, 0.3) is 17.7 Å². The van der Waals surface area contributed by atoms with Gasteiger partial charge in [-0.3, -0.25) is 14.4 Å². The van der Waals surface area contributed by atoms with Crippen LogP contribution in [0.1, 0.15) is 41.8 Å². The molecule has 1 aliphatic heterocycles. The van der Waals surface area contributed by atoms with E-state index >= 15 is 0 Å². The molecule has 1 heterocycles. The number of hydrogen-bond acceptors (Lipinski definition) is 6. The molecule has 0 spiro atoms. The Bertz CT molecular complexity index is 1200. The number of allylic oxidation sites excluding steroid dienone is 1. The van der Waals surface area contributed by atoms with Crippen molar-refractivity contribution in [2.45, 2.75) is 57.2 Å². The van der Waals surface area contributed by atoms with Crippen LogP contribution in [0.15, 0.2) is 73.3 Å². The molecule has 3 N–H and O–H groups in total. The SMILES string of the molecule is C=C[C@H]1C(=O)N(C/C=C\CC)C(C)SCN1C(=O)[C@@H](O)[C@H](Cc1ccccc1)NC(=O)c1cccc(O)c1C. The smallest absolute Gasteiger partial charge is 0.255 e. The number of aliphatic hydroxyl groups is 1. The summed E-state index contributed by atoms with van der Waals surface area (Å²) in [6.45, 7) is 9.75. The van der Waals surface area contributed by atoms with E-state index in [2.05, 4.69) is 11.9 Å². The Morgan fingerprint density at radius 3 is 2.56 bits per heavy atom. The van der Waals surface area contributed by atoms with Crippen LogP contribution in [0.5, 0.6) is 5.75 Å². The number of thioether (sulfide) groups is 1. The molecule has 2 aromatic rings. The lowest BCUT2D eigenvalue weighted by molar-refractivity contribution is -0.148. The Labute approximate surface area is 234 Å². The van der Waals surface area contributed by atoms with Crippen molar-refractivity contribution in [3.8, 4) is 5.75 Å². The number of phenolic OH excluding ortho intramolecular Hbond substituents is 1. The van der Waals surface area contributed by atoms with Crippen LogP contribution in [0, 0.1) is 6.92 Å². The zero-order valence-electron chi connectivity index (χ0n) is 22.6. The lowest BCUT2D eigenvalue weighted by atomic mass is 9.98. The summed E-state index contributed by atoms with van der Waals surface area (Å²) in [6, 6.07) is 11.9. The standard InChI is InChI=1S/C30H37N3O5S/c1-5-7-11-17-32-21(4)39-19-33(25(6-2)29(32)37)30(38)27(35)24(18-22-13-9-8-10-14-22)31-28(36)23-15-12-16-26(34)20(23)3/h6-16,21,24-25,27,34-35H,2,5,17-19H2,1,3-4H3,(H,31,36)/b11-7-/t21?,24-,25-,27-/m0/s1. The highest BCUT2D eigenvalue weighted by molar-refractivity contribution is 7.99. The van der Waals surface area contributed by atoms with Crippen molar-refractivity contribution >= 4 is 29.5 Å². The third-order valence-corrected chi connectivity index (χ3v) is 7.94. The van der Waals surface area contributed by atoms with Crippen LogP contribution in [0.4, 0.5) is 0 Å². The van der Waals surface area contributed by atoms with Gasteiger partial charge in [-0.25, -0.2) is 0 Å². The van der Waals surface area contributed by atoms with E-state index in [4.69, 9.17) is 0 Å². The summed E-state index contributed by atoms with van der Waals surface area (Å²) in [5, 5.41) is 24.0. The summed E-state index contributed by atoms with van der Waals surface area (Å²) in [7, 11) is 0. The molecule has 0 bridgehead atoms. The highest BCUT2D eigenvalue weighted by atomic mass is 32.2. The molecule has 39 heavy (non-hydrogen) atoms. The molecular formula is C30H37N3O5S. The summed E-state index contributed by atoms with van der Waals surface area (Å²) in [5.41, 5.74) is 1.44. The number of carbonyl (C=O) groups is 3. The van der Waals surface area contributed by atoms with Crippen molar-refractivity contribution < 1.29 is 24.6 Å². The first-order chi connectivity index (χ1) is 18.7. The van der Waals surface area contributed by atoms with Crippen molar-refractivity contribution in [2.75, 3.05) is 12.4 Å². The molecular weight excluding hydrogens is 514 g/mol. The summed E-state index contributed by atoms with van der Waals surface area (Å²) in [4.78, 5) is 43.4. The lowest BCUT2D eigenvalue weighted by Gasteiger charge is -2.32. The minimum atomic E-state index is -1.63. The van der Waals surface area contributed by atoms with Gasteiger partial charge in [-0.05, 0) is 44.4 Å². The lowest BCUT2D eigenvalue weighted by Crippen LogP contribution is -2.56. The molecule has 3 rings (SSSR count). The molecule has 0 radical (unpaired) electrons. The second-order valence-corrected chi connectivity index (χ2v) is 10.7. The first-order valence-electron chi connectivity index (χ1n) is 13.0. The largest absolute Gasteiger partial charge is 0.508 e. The van der Waals surface area contributed by atoms with Crippen LogP contribution >= 0.6 is 11.8 Å². The molecule has 1 aliphatic rings. The molecule has 2 aromatic carbocycles. The number of rotatable bonds is 10. The van der Waals surface area contributed by atoms with E-state index in [9.17, 15) is 24.6 Å². The number of nitrogens with zero attached hydrogens (tertiary/aromatic N) is 2. The van der Waals surface area contributed by atoms with Gasteiger partial charge in [0.05, 0.1) is 17.3 Å². The molecule has 4 atom stereocenters. The van der Waals surface area contributed by atoms with Crippen molar-refractivity contribution in [3.63, 3.8) is 0 Å². The number of hydrogen-bond donors (Lipinski definition) is 3. The topological polar surface area (TPSA) is 110 Å². The quantitative estimate of drug-likeness (QED) is 0.389. The van der Waals surface area contributed by atoms with Crippen LogP contribution in [0.25, 0.3) is 0 Å². The zero-order chi connectivity index (χ0) is 28.5. The first kappa shape index (κ1) is 30.0. The maximum atomic E-state index is 13.7. The van der Waals surface area contributed by atoms with Gasteiger partial charge in [0.2, 0.25) is 0 Å². The van der Waals surface area contributed by atoms with Gasteiger partial charge in [0.15, 0.2) is 6.10 Å². The zero-order valence-corrected chi connectivity index (χ0v) is 23.4. The van der Waals surface area contributed by atoms with Crippen molar-refractivity contribution in [3.05, 3.63) is 90.0 Å². The van der Waals surface area contributed by atoms with Gasteiger partial charge in [-0.2, -0.15) is 0 Å². The molecule has 3 amide bonds. The van der Waals surface area contributed by atoms with E-state index in [0.29, 0.717) is 12.1 Å². The number of aliphatic hydroxyl groups excluding tert-OH is 1. The molecule has 0 aliphatic carbocycles. The molecule has 208 valence electrons. The minimum Gasteiger partial charge on any atom is -0.508 e. The van der Waals surface area contributed by atoms with Gasteiger partial charge in [-0.15, -0.1) is 18.3 Å². The number of benzene rings is 2. The van der Waals surface area contributed by atoms with E-state index in [1.54, 1.807) is 24.0 Å². The molecule has 1 saturated heterocycles. The third-order valence-electron chi connectivity index (χ3n) is 6.78. The van der Waals surface area contributed by atoms with Gasteiger partial charge in [0, 0.05) is 17.7 Å². The number of aromatic hydroxyl groups is 1. The average molecular weight is 552 g/mol. The van der Waals surface area contributed by atoms with Crippen molar-refractivity contribution in [1.82, 2.24) is 15.1 Å². The Kier molecular flexibility index (Phi) is 10.8. The Balaban J connectivity index is 1.89. The van der Waals surface area contributed by atoms with Gasteiger partial charge in [-0.1, -0.05) is 61.5 Å². The number of phenols is 1. The van der Waals surface area contributed by atoms with E-state index in [1.165, 1.54) is 28.8 Å². The predicted octanol–water partition coefficient (Wildman–Crippen LogP) is 3.63. The van der Waals surface area contributed by atoms with E-state index in [1.807, 2.05) is 56.3 Å². The van der Waals surface area contributed by atoms with Crippen LogP contribution in [0.2, 0.25) is 0 Å². The number of nitrogens with one attached hydrogen (secondary N) is 1. The molecule has 8 nitrogen and oxygen atoms in total. The van der Waals surface area contributed by atoms with Crippen molar-refractivity contribution in [1.29, 1.82) is 0 Å². The minimum absolute atomic E-state index is 0.0275. The normalized spacial score (nSPS) is 19.4. The number of amides is 3. The maximum absolute atomic E-state index is 13.7. The van der Waals surface area contributed by atoms with Crippen molar-refractivity contribution in [2.24, 2.45) is 0 Å². The fourth-order valence-corrected chi connectivity index (χ4v) is 5.46. The van der Waals surface area contributed by atoms with Crippen LogP contribution in [-0.4, -0.2) is 73.7 Å².